The van der Waals surface area contributed by atoms with Crippen molar-refractivity contribution in [2.24, 2.45) is 0 Å². The normalized spacial score (nSPS) is 16.0. The van der Waals surface area contributed by atoms with Crippen LogP contribution in [0.1, 0.15) is 16.7 Å². The minimum Gasteiger partial charge on any atom is -0.496 e. The maximum absolute atomic E-state index is 12.6. The van der Waals surface area contributed by atoms with E-state index in [-0.39, 0.29) is 17.7 Å². The highest BCUT2D eigenvalue weighted by atomic mass is 35.5. The van der Waals surface area contributed by atoms with Gasteiger partial charge in [-0.05, 0) is 59.7 Å². The topological polar surface area (TPSA) is 46.6 Å². The molecule has 0 bridgehead atoms. The number of benzene rings is 2. The molecule has 1 aliphatic rings. The minimum absolute atomic E-state index is 0.233. The summed E-state index contributed by atoms with van der Waals surface area (Å²) in [6, 6.07) is 12.8. The average molecular weight is 374 g/mol. The van der Waals surface area contributed by atoms with Gasteiger partial charge in [0.05, 0.1) is 18.6 Å². The Morgan fingerprint density at radius 1 is 1.16 bits per heavy atom. The van der Waals surface area contributed by atoms with Crippen LogP contribution in [-0.2, 0) is 11.3 Å². The number of aryl methyl sites for hydroxylation is 1. The summed E-state index contributed by atoms with van der Waals surface area (Å²) in [5, 5.41) is 0.344. The van der Waals surface area contributed by atoms with Gasteiger partial charge in [-0.2, -0.15) is 0 Å². The Labute approximate surface area is 155 Å². The van der Waals surface area contributed by atoms with E-state index < -0.39 is 0 Å². The van der Waals surface area contributed by atoms with Crippen LogP contribution in [0.25, 0.3) is 6.08 Å². The smallest absolute Gasteiger partial charge is 0.293 e. The van der Waals surface area contributed by atoms with Gasteiger partial charge in [0.25, 0.3) is 11.1 Å². The molecule has 0 saturated carbocycles. The number of thioether (sulfide) groups is 1. The summed E-state index contributed by atoms with van der Waals surface area (Å²) in [5.74, 6) is 0.457. The minimum atomic E-state index is -0.288. The number of ether oxygens (including phenoxy) is 1. The van der Waals surface area contributed by atoms with E-state index in [0.29, 0.717) is 9.93 Å². The maximum atomic E-state index is 12.6. The molecule has 0 radical (unpaired) electrons. The van der Waals surface area contributed by atoms with E-state index in [1.54, 1.807) is 37.5 Å². The average Bonchev–Trinajstić information content (AvgIpc) is 2.86. The van der Waals surface area contributed by atoms with Crippen LogP contribution in [0.5, 0.6) is 5.75 Å². The maximum Gasteiger partial charge on any atom is 0.293 e. The highest BCUT2D eigenvalue weighted by Crippen LogP contribution is 2.34. The molecular weight excluding hydrogens is 358 g/mol. The molecule has 2 aromatic rings. The van der Waals surface area contributed by atoms with Crippen LogP contribution in [0.4, 0.5) is 4.79 Å². The molecule has 1 heterocycles. The van der Waals surface area contributed by atoms with Gasteiger partial charge >= 0.3 is 0 Å². The largest absolute Gasteiger partial charge is 0.496 e. The van der Waals surface area contributed by atoms with Crippen LogP contribution in [0.15, 0.2) is 47.4 Å². The number of imide groups is 1. The van der Waals surface area contributed by atoms with E-state index >= 15 is 0 Å². The third-order valence-corrected chi connectivity index (χ3v) is 5.02. The van der Waals surface area contributed by atoms with Gasteiger partial charge in [-0.1, -0.05) is 35.9 Å². The molecule has 1 saturated heterocycles. The molecule has 0 aliphatic carbocycles. The number of halogens is 1. The van der Waals surface area contributed by atoms with E-state index in [1.807, 2.05) is 25.1 Å². The molecule has 2 amide bonds. The zero-order valence-electron chi connectivity index (χ0n) is 13.8. The van der Waals surface area contributed by atoms with Crippen molar-refractivity contribution in [1.29, 1.82) is 0 Å². The highest BCUT2D eigenvalue weighted by Gasteiger charge is 2.34. The van der Waals surface area contributed by atoms with Crippen LogP contribution in [0.2, 0.25) is 5.02 Å². The Bertz CT molecular complexity index is 861. The Balaban J connectivity index is 1.82. The lowest BCUT2D eigenvalue weighted by molar-refractivity contribution is -0.123. The molecule has 0 aromatic heterocycles. The molecule has 1 aliphatic heterocycles. The van der Waals surface area contributed by atoms with Crippen molar-refractivity contribution in [2.75, 3.05) is 7.11 Å². The Kier molecular flexibility index (Phi) is 5.16. The van der Waals surface area contributed by atoms with E-state index in [9.17, 15) is 9.59 Å². The van der Waals surface area contributed by atoms with Crippen LogP contribution in [0, 0.1) is 6.92 Å². The van der Waals surface area contributed by atoms with Crippen molar-refractivity contribution < 1.29 is 14.3 Å². The standard InChI is InChI=1S/C19H16ClNO3S/c1-12-3-4-14(9-16(12)24-2)10-17-18(22)21(19(23)25-17)11-13-5-7-15(20)8-6-13/h3-10H,11H2,1-2H3/b17-10+. The molecular formula is C19H16ClNO3S. The SMILES string of the molecule is COc1cc(/C=C2/SC(=O)N(Cc3ccc(Cl)cc3)C2=O)ccc1C. The Morgan fingerprint density at radius 3 is 2.56 bits per heavy atom. The number of carbonyl (C=O) groups is 2. The molecule has 1 fully saturated rings. The Morgan fingerprint density at radius 2 is 1.88 bits per heavy atom. The van der Waals surface area contributed by atoms with Crippen molar-refractivity contribution in [3.05, 3.63) is 69.1 Å². The van der Waals surface area contributed by atoms with Gasteiger partial charge in [0.15, 0.2) is 0 Å². The number of rotatable bonds is 4. The fraction of sp³-hybridized carbons (Fsp3) is 0.158. The van der Waals surface area contributed by atoms with Gasteiger partial charge < -0.3 is 4.74 Å². The molecule has 0 spiro atoms. The summed E-state index contributed by atoms with van der Waals surface area (Å²) in [7, 11) is 1.60. The number of methoxy groups -OCH3 is 1. The second-order valence-corrected chi connectivity index (χ2v) is 7.05. The first-order valence-corrected chi connectivity index (χ1v) is 8.82. The number of hydrogen-bond acceptors (Lipinski definition) is 4. The van der Waals surface area contributed by atoms with E-state index in [4.69, 9.17) is 16.3 Å². The number of amides is 2. The summed E-state index contributed by atoms with van der Waals surface area (Å²) in [6.07, 6.45) is 1.72. The molecule has 3 rings (SSSR count). The van der Waals surface area contributed by atoms with Gasteiger partial charge in [-0.15, -0.1) is 0 Å². The van der Waals surface area contributed by atoms with Gasteiger partial charge in [0.1, 0.15) is 5.75 Å². The molecule has 0 N–H and O–H groups in total. The molecule has 0 atom stereocenters. The first-order valence-electron chi connectivity index (χ1n) is 7.62. The lowest BCUT2D eigenvalue weighted by atomic mass is 10.1. The molecule has 4 nitrogen and oxygen atoms in total. The second-order valence-electron chi connectivity index (χ2n) is 5.62. The lowest BCUT2D eigenvalue weighted by Crippen LogP contribution is -2.27. The third kappa shape index (κ3) is 3.89. The van der Waals surface area contributed by atoms with Crippen LogP contribution in [0.3, 0.4) is 0 Å². The lowest BCUT2D eigenvalue weighted by Gasteiger charge is -2.12. The number of hydrogen-bond donors (Lipinski definition) is 0. The molecule has 128 valence electrons. The zero-order chi connectivity index (χ0) is 18.0. The van der Waals surface area contributed by atoms with Gasteiger partial charge in [-0.3, -0.25) is 14.5 Å². The fourth-order valence-electron chi connectivity index (χ4n) is 2.49. The predicted molar refractivity (Wildman–Crippen MR) is 101 cm³/mol. The van der Waals surface area contributed by atoms with Crippen molar-refractivity contribution in [2.45, 2.75) is 13.5 Å². The first-order chi connectivity index (χ1) is 12.0. The van der Waals surface area contributed by atoms with Crippen molar-refractivity contribution in [1.82, 2.24) is 4.90 Å². The summed E-state index contributed by atoms with van der Waals surface area (Å²) >= 11 is 6.81. The van der Waals surface area contributed by atoms with E-state index in [0.717, 1.165) is 34.2 Å². The summed E-state index contributed by atoms with van der Waals surface area (Å²) in [5.41, 5.74) is 2.68. The molecule has 0 unspecified atom stereocenters. The van der Waals surface area contributed by atoms with Crippen molar-refractivity contribution in [3.8, 4) is 5.75 Å². The summed E-state index contributed by atoms with van der Waals surface area (Å²) < 4.78 is 5.30. The highest BCUT2D eigenvalue weighted by molar-refractivity contribution is 8.18. The predicted octanol–water partition coefficient (Wildman–Crippen LogP) is 4.89. The van der Waals surface area contributed by atoms with Gasteiger partial charge in [0.2, 0.25) is 0 Å². The summed E-state index contributed by atoms with van der Waals surface area (Å²) in [4.78, 5) is 26.4. The number of carbonyl (C=O) groups excluding carboxylic acids is 2. The van der Waals surface area contributed by atoms with Crippen molar-refractivity contribution >= 4 is 40.6 Å². The quantitative estimate of drug-likeness (QED) is 0.715. The van der Waals surface area contributed by atoms with Crippen molar-refractivity contribution in [3.63, 3.8) is 0 Å². The number of nitrogens with zero attached hydrogens (tertiary/aromatic N) is 1. The Hall–Kier alpha value is -2.24. The summed E-state index contributed by atoms with van der Waals surface area (Å²) in [6.45, 7) is 2.18. The monoisotopic (exact) mass is 373 g/mol. The zero-order valence-corrected chi connectivity index (χ0v) is 15.4. The third-order valence-electron chi connectivity index (χ3n) is 3.86. The molecule has 25 heavy (non-hydrogen) atoms. The van der Waals surface area contributed by atoms with Crippen LogP contribution < -0.4 is 4.74 Å². The fourth-order valence-corrected chi connectivity index (χ4v) is 3.45. The second kappa shape index (κ2) is 7.33. The first kappa shape index (κ1) is 17.6. The molecule has 6 heteroatoms. The van der Waals surface area contributed by atoms with Crippen LogP contribution in [-0.4, -0.2) is 23.2 Å². The molecule has 2 aromatic carbocycles. The van der Waals surface area contributed by atoms with Gasteiger partial charge in [-0.25, -0.2) is 0 Å². The van der Waals surface area contributed by atoms with Gasteiger partial charge in [0, 0.05) is 5.02 Å². The van der Waals surface area contributed by atoms with Crippen LogP contribution >= 0.6 is 23.4 Å². The van der Waals surface area contributed by atoms with E-state index in [1.165, 1.54) is 4.90 Å². The van der Waals surface area contributed by atoms with E-state index in [2.05, 4.69) is 0 Å².